The molecule has 0 radical (unpaired) electrons. The molecule has 7 aromatic rings. The van der Waals surface area contributed by atoms with Gasteiger partial charge < -0.3 is 4.90 Å². The predicted molar refractivity (Wildman–Crippen MR) is 190 cm³/mol. The average molecular weight is 602 g/mol. The van der Waals surface area contributed by atoms with Crippen molar-refractivity contribution in [2.24, 2.45) is 0 Å². The molecule has 4 aromatic carbocycles. The molecular formula is C41H39N5. The summed E-state index contributed by atoms with van der Waals surface area (Å²) in [7, 11) is 0. The van der Waals surface area contributed by atoms with Crippen LogP contribution in [0.2, 0.25) is 0 Å². The van der Waals surface area contributed by atoms with Gasteiger partial charge in [-0.3, -0.25) is 4.57 Å². The first-order chi connectivity index (χ1) is 22.7. The van der Waals surface area contributed by atoms with E-state index in [4.69, 9.17) is 4.98 Å². The Morgan fingerprint density at radius 1 is 0.609 bits per heavy atom. The maximum atomic E-state index is 4.79. The molecule has 8 rings (SSSR count). The zero-order valence-electron chi connectivity index (χ0n) is 26.6. The van der Waals surface area contributed by atoms with E-state index in [2.05, 4.69) is 125 Å². The van der Waals surface area contributed by atoms with E-state index in [0.717, 1.165) is 41.1 Å². The zero-order chi connectivity index (χ0) is 31.1. The molecule has 0 amide bonds. The molecule has 0 N–H and O–H groups in total. The summed E-state index contributed by atoms with van der Waals surface area (Å²) in [5, 5.41) is 7.06. The molecule has 228 valence electrons. The lowest BCUT2D eigenvalue weighted by molar-refractivity contribution is 0.403. The Kier molecular flexibility index (Phi) is 7.17. The zero-order valence-corrected chi connectivity index (χ0v) is 26.6. The van der Waals surface area contributed by atoms with Crippen LogP contribution in [0.5, 0.6) is 0 Å². The Morgan fingerprint density at radius 3 is 2.13 bits per heavy atom. The summed E-state index contributed by atoms with van der Waals surface area (Å²) in [6.45, 7) is 4.62. The van der Waals surface area contributed by atoms with E-state index >= 15 is 0 Å². The smallest absolute Gasteiger partial charge is 0.137 e. The first-order valence-electron chi connectivity index (χ1n) is 16.7. The van der Waals surface area contributed by atoms with Crippen LogP contribution in [-0.4, -0.2) is 19.3 Å². The van der Waals surface area contributed by atoms with E-state index in [1.807, 2.05) is 35.4 Å². The monoisotopic (exact) mass is 601 g/mol. The van der Waals surface area contributed by atoms with E-state index in [1.54, 1.807) is 0 Å². The number of aromatic nitrogens is 4. The third-order valence-electron chi connectivity index (χ3n) is 9.88. The van der Waals surface area contributed by atoms with Gasteiger partial charge in [0.1, 0.15) is 5.82 Å². The van der Waals surface area contributed by atoms with Gasteiger partial charge in [0.05, 0.1) is 28.1 Å². The molecule has 5 heteroatoms. The minimum absolute atomic E-state index is 0.0515. The number of para-hydroxylation sites is 2. The number of fused-ring (bicyclic) bond motifs is 5. The van der Waals surface area contributed by atoms with Crippen molar-refractivity contribution < 1.29 is 0 Å². The van der Waals surface area contributed by atoms with Crippen molar-refractivity contribution >= 4 is 38.9 Å². The van der Waals surface area contributed by atoms with E-state index < -0.39 is 0 Å². The fraction of sp³-hybridized carbons (Fsp3) is 0.220. The third-order valence-corrected chi connectivity index (χ3v) is 9.88. The summed E-state index contributed by atoms with van der Waals surface area (Å²) in [6.07, 6.45) is 12.8. The molecule has 0 unspecified atom stereocenters. The fourth-order valence-corrected chi connectivity index (χ4v) is 7.75. The number of unbranched alkanes of at least 4 members (excludes halogenated alkanes) is 2. The molecule has 4 heterocycles. The van der Waals surface area contributed by atoms with Crippen LogP contribution >= 0.6 is 0 Å². The van der Waals surface area contributed by atoms with Crippen LogP contribution in [-0.2, 0) is 5.41 Å². The van der Waals surface area contributed by atoms with E-state index in [9.17, 15) is 0 Å². The van der Waals surface area contributed by atoms with Gasteiger partial charge in [0, 0.05) is 40.5 Å². The second-order valence-corrected chi connectivity index (χ2v) is 12.5. The van der Waals surface area contributed by atoms with Crippen molar-refractivity contribution in [3.8, 4) is 11.5 Å². The van der Waals surface area contributed by atoms with Crippen LogP contribution in [0.4, 0.5) is 17.1 Å². The summed E-state index contributed by atoms with van der Waals surface area (Å²) in [5.41, 5.74) is 9.80. The summed E-state index contributed by atoms with van der Waals surface area (Å²) in [5.74, 6) is 0.921. The molecule has 1 aliphatic rings. The van der Waals surface area contributed by atoms with Gasteiger partial charge in [0.2, 0.25) is 0 Å². The van der Waals surface area contributed by atoms with Crippen molar-refractivity contribution in [3.05, 3.63) is 139 Å². The maximum Gasteiger partial charge on any atom is 0.137 e. The first-order valence-corrected chi connectivity index (χ1v) is 16.7. The van der Waals surface area contributed by atoms with Crippen molar-refractivity contribution in [3.63, 3.8) is 0 Å². The summed E-state index contributed by atoms with van der Waals surface area (Å²) >= 11 is 0. The van der Waals surface area contributed by atoms with Gasteiger partial charge in [-0.1, -0.05) is 94.1 Å². The number of hydrogen-bond donors (Lipinski definition) is 0. The quantitative estimate of drug-likeness (QED) is 0.165. The normalized spacial score (nSPS) is 13.7. The summed E-state index contributed by atoms with van der Waals surface area (Å²) in [4.78, 5) is 7.29. The van der Waals surface area contributed by atoms with E-state index in [1.165, 1.54) is 59.0 Å². The van der Waals surface area contributed by atoms with Gasteiger partial charge >= 0.3 is 0 Å². The van der Waals surface area contributed by atoms with Crippen molar-refractivity contribution in [1.82, 2.24) is 19.3 Å². The maximum absolute atomic E-state index is 4.79. The Labute approximate surface area is 270 Å². The molecule has 0 bridgehead atoms. The van der Waals surface area contributed by atoms with Crippen molar-refractivity contribution in [1.29, 1.82) is 0 Å². The molecule has 1 aliphatic heterocycles. The van der Waals surface area contributed by atoms with Gasteiger partial charge in [-0.25, -0.2) is 9.67 Å². The number of nitrogens with zero attached hydrogens (tertiary/aromatic N) is 5. The molecular weight excluding hydrogens is 562 g/mol. The number of anilines is 3. The van der Waals surface area contributed by atoms with Crippen molar-refractivity contribution in [2.45, 2.75) is 57.8 Å². The minimum Gasteiger partial charge on any atom is -0.310 e. The largest absolute Gasteiger partial charge is 0.310 e. The molecule has 0 saturated heterocycles. The number of rotatable bonds is 9. The van der Waals surface area contributed by atoms with Crippen LogP contribution in [0.25, 0.3) is 33.3 Å². The molecule has 0 saturated carbocycles. The highest BCUT2D eigenvalue weighted by molar-refractivity contribution is 6.10. The topological polar surface area (TPSA) is 38.9 Å². The first kappa shape index (κ1) is 28.3. The molecule has 0 aliphatic carbocycles. The van der Waals surface area contributed by atoms with E-state index in [0.29, 0.717) is 0 Å². The highest BCUT2D eigenvalue weighted by atomic mass is 15.3. The Balaban J connectivity index is 1.41. The molecule has 3 aromatic heterocycles. The second kappa shape index (κ2) is 11.6. The van der Waals surface area contributed by atoms with Gasteiger partial charge in [-0.2, -0.15) is 5.10 Å². The summed E-state index contributed by atoms with van der Waals surface area (Å²) < 4.78 is 4.28. The Morgan fingerprint density at radius 2 is 1.35 bits per heavy atom. The molecule has 5 nitrogen and oxygen atoms in total. The molecule has 0 fully saturated rings. The van der Waals surface area contributed by atoms with Gasteiger partial charge in [0.15, 0.2) is 0 Å². The fourth-order valence-electron chi connectivity index (χ4n) is 7.75. The minimum atomic E-state index is -0.0515. The van der Waals surface area contributed by atoms with Gasteiger partial charge in [-0.05, 0) is 78.6 Å². The summed E-state index contributed by atoms with van der Waals surface area (Å²) in [6, 6.07) is 39.9. The van der Waals surface area contributed by atoms with Crippen LogP contribution < -0.4 is 4.90 Å². The Hall–Kier alpha value is -5.16. The second-order valence-electron chi connectivity index (χ2n) is 12.5. The Bertz CT molecular complexity index is 2130. The SMILES string of the molecule is CCCCC1(CCCC)c2ccccc2N(c2ccc3c4ccccc4n(-c4ccccn4)c3c2)c2cc(-n3cccn3)ccc21. The number of hydrogen-bond acceptors (Lipinski definition) is 3. The van der Waals surface area contributed by atoms with Crippen LogP contribution in [0, 0.1) is 0 Å². The molecule has 0 atom stereocenters. The number of benzene rings is 4. The van der Waals surface area contributed by atoms with Crippen LogP contribution in [0.15, 0.2) is 128 Å². The lowest BCUT2D eigenvalue weighted by Crippen LogP contribution is -2.36. The van der Waals surface area contributed by atoms with Crippen LogP contribution in [0.3, 0.4) is 0 Å². The highest BCUT2D eigenvalue weighted by Gasteiger charge is 2.43. The van der Waals surface area contributed by atoms with Crippen LogP contribution in [0.1, 0.15) is 63.5 Å². The van der Waals surface area contributed by atoms with Gasteiger partial charge in [-0.15, -0.1) is 0 Å². The lowest BCUT2D eigenvalue weighted by Gasteiger charge is -2.46. The molecule has 46 heavy (non-hydrogen) atoms. The molecule has 0 spiro atoms. The van der Waals surface area contributed by atoms with E-state index in [-0.39, 0.29) is 5.41 Å². The third kappa shape index (κ3) is 4.45. The average Bonchev–Trinajstić information content (AvgIpc) is 3.77. The number of pyridine rings is 1. The van der Waals surface area contributed by atoms with Gasteiger partial charge in [0.25, 0.3) is 0 Å². The van der Waals surface area contributed by atoms with Crippen molar-refractivity contribution in [2.75, 3.05) is 4.90 Å². The highest BCUT2D eigenvalue weighted by Crippen LogP contribution is 2.56. The standard InChI is InChI=1S/C41H39N5/c1-3-5-23-41(24-6-4-2)34-15-8-10-17-37(34)45(39-28-30(20-22-35(39)41)44-27-13-26-43-44)31-19-21-33-32-14-7-9-16-36(32)46(38(33)29-31)40-18-11-12-25-42-40/h7-22,25-29H,3-6,23-24H2,1-2H3. The predicted octanol–water partition coefficient (Wildman–Crippen LogP) is 10.8. The lowest BCUT2D eigenvalue weighted by atomic mass is 9.65.